The van der Waals surface area contributed by atoms with Gasteiger partial charge < -0.3 is 11.1 Å². The summed E-state index contributed by atoms with van der Waals surface area (Å²) >= 11 is 3.47. The Morgan fingerprint density at radius 3 is 2.73 bits per heavy atom. The highest BCUT2D eigenvalue weighted by Gasteiger charge is 2.13. The summed E-state index contributed by atoms with van der Waals surface area (Å²) in [6.45, 7) is 5.86. The van der Waals surface area contributed by atoms with Crippen LogP contribution >= 0.6 is 15.9 Å². The smallest absolute Gasteiger partial charge is 0.0247 e. The SMILES string of the molecule is CC(C)(CN)NCCc1cccc(Br)c1. The summed E-state index contributed by atoms with van der Waals surface area (Å²) in [5.74, 6) is 0. The van der Waals surface area contributed by atoms with Crippen molar-refractivity contribution in [2.75, 3.05) is 13.1 Å². The van der Waals surface area contributed by atoms with Crippen molar-refractivity contribution in [3.8, 4) is 0 Å². The first-order chi connectivity index (χ1) is 7.03. The zero-order chi connectivity index (χ0) is 11.3. The van der Waals surface area contributed by atoms with Crippen molar-refractivity contribution in [2.24, 2.45) is 5.73 Å². The molecule has 0 radical (unpaired) electrons. The zero-order valence-electron chi connectivity index (χ0n) is 9.39. The number of rotatable bonds is 5. The van der Waals surface area contributed by atoms with E-state index in [1.165, 1.54) is 5.56 Å². The summed E-state index contributed by atoms with van der Waals surface area (Å²) in [7, 11) is 0. The third kappa shape index (κ3) is 4.78. The molecule has 84 valence electrons. The second-order valence-electron chi connectivity index (χ2n) is 4.39. The summed E-state index contributed by atoms with van der Waals surface area (Å²) in [5, 5.41) is 3.44. The Labute approximate surface area is 100 Å². The number of benzene rings is 1. The van der Waals surface area contributed by atoms with Crippen molar-refractivity contribution in [3.05, 3.63) is 34.3 Å². The molecule has 1 aromatic carbocycles. The Morgan fingerprint density at radius 2 is 2.13 bits per heavy atom. The zero-order valence-corrected chi connectivity index (χ0v) is 11.0. The molecule has 0 spiro atoms. The first-order valence-electron chi connectivity index (χ1n) is 5.23. The van der Waals surface area contributed by atoms with E-state index in [1.807, 2.05) is 6.07 Å². The molecule has 0 saturated heterocycles. The van der Waals surface area contributed by atoms with E-state index < -0.39 is 0 Å². The van der Waals surface area contributed by atoms with E-state index in [4.69, 9.17) is 5.73 Å². The van der Waals surface area contributed by atoms with Gasteiger partial charge in [0.15, 0.2) is 0 Å². The maximum atomic E-state index is 5.64. The van der Waals surface area contributed by atoms with E-state index in [9.17, 15) is 0 Å². The third-order valence-corrected chi connectivity index (χ3v) is 2.91. The molecule has 0 aromatic heterocycles. The van der Waals surface area contributed by atoms with Gasteiger partial charge in [-0.3, -0.25) is 0 Å². The lowest BCUT2D eigenvalue weighted by atomic mass is 10.1. The van der Waals surface area contributed by atoms with Crippen LogP contribution in [0.4, 0.5) is 0 Å². The second-order valence-corrected chi connectivity index (χ2v) is 5.31. The molecule has 3 heteroatoms. The summed E-state index contributed by atoms with van der Waals surface area (Å²) in [5.41, 5.74) is 7.01. The van der Waals surface area contributed by atoms with Gasteiger partial charge in [-0.15, -0.1) is 0 Å². The number of nitrogens with two attached hydrogens (primary N) is 1. The number of nitrogens with one attached hydrogen (secondary N) is 1. The average molecular weight is 271 g/mol. The van der Waals surface area contributed by atoms with Gasteiger partial charge in [0, 0.05) is 16.6 Å². The highest BCUT2D eigenvalue weighted by atomic mass is 79.9. The highest BCUT2D eigenvalue weighted by molar-refractivity contribution is 9.10. The molecule has 0 heterocycles. The fourth-order valence-electron chi connectivity index (χ4n) is 1.31. The van der Waals surface area contributed by atoms with E-state index in [-0.39, 0.29) is 5.54 Å². The van der Waals surface area contributed by atoms with Crippen LogP contribution in [0, 0.1) is 0 Å². The van der Waals surface area contributed by atoms with E-state index in [1.54, 1.807) is 0 Å². The minimum atomic E-state index is 0.0337. The van der Waals surface area contributed by atoms with E-state index in [2.05, 4.69) is 53.3 Å². The number of hydrogen-bond donors (Lipinski definition) is 2. The Kier molecular flexibility index (Phi) is 4.77. The predicted molar refractivity (Wildman–Crippen MR) is 69.0 cm³/mol. The van der Waals surface area contributed by atoms with Gasteiger partial charge >= 0.3 is 0 Å². The van der Waals surface area contributed by atoms with E-state index in [0.717, 1.165) is 17.4 Å². The Hall–Kier alpha value is -0.380. The van der Waals surface area contributed by atoms with Crippen molar-refractivity contribution in [1.82, 2.24) is 5.32 Å². The molecular formula is C12H19BrN2. The van der Waals surface area contributed by atoms with Gasteiger partial charge in [0.25, 0.3) is 0 Å². The van der Waals surface area contributed by atoms with Crippen LogP contribution in [0.3, 0.4) is 0 Å². The standard InChI is InChI=1S/C12H19BrN2/c1-12(2,9-14)15-7-6-10-4-3-5-11(13)8-10/h3-5,8,15H,6-7,9,14H2,1-2H3. The topological polar surface area (TPSA) is 38.0 Å². The molecule has 0 aliphatic rings. The molecule has 0 aliphatic heterocycles. The molecule has 0 aliphatic carbocycles. The largest absolute Gasteiger partial charge is 0.329 e. The van der Waals surface area contributed by atoms with Crippen LogP contribution in [-0.4, -0.2) is 18.6 Å². The molecule has 3 N–H and O–H groups in total. The van der Waals surface area contributed by atoms with Crippen LogP contribution in [0.25, 0.3) is 0 Å². The van der Waals surface area contributed by atoms with Crippen molar-refractivity contribution >= 4 is 15.9 Å². The fourth-order valence-corrected chi connectivity index (χ4v) is 1.76. The maximum Gasteiger partial charge on any atom is 0.0247 e. The minimum absolute atomic E-state index is 0.0337. The van der Waals surface area contributed by atoms with E-state index >= 15 is 0 Å². The maximum absolute atomic E-state index is 5.64. The van der Waals surface area contributed by atoms with Crippen molar-refractivity contribution in [1.29, 1.82) is 0 Å². The molecule has 0 atom stereocenters. The van der Waals surface area contributed by atoms with Gasteiger partial charge in [0.1, 0.15) is 0 Å². The predicted octanol–water partition coefficient (Wildman–Crippen LogP) is 2.32. The van der Waals surface area contributed by atoms with Gasteiger partial charge in [-0.2, -0.15) is 0 Å². The fraction of sp³-hybridized carbons (Fsp3) is 0.500. The minimum Gasteiger partial charge on any atom is -0.329 e. The van der Waals surface area contributed by atoms with Crippen LogP contribution in [0.2, 0.25) is 0 Å². The first kappa shape index (κ1) is 12.7. The Morgan fingerprint density at radius 1 is 1.40 bits per heavy atom. The molecule has 0 saturated carbocycles. The number of hydrogen-bond acceptors (Lipinski definition) is 2. The summed E-state index contributed by atoms with van der Waals surface area (Å²) < 4.78 is 1.14. The third-order valence-electron chi connectivity index (χ3n) is 2.42. The quantitative estimate of drug-likeness (QED) is 0.862. The normalized spacial score (nSPS) is 11.7. The second kappa shape index (κ2) is 5.64. The lowest BCUT2D eigenvalue weighted by Crippen LogP contribution is -2.46. The molecule has 1 aromatic rings. The van der Waals surface area contributed by atoms with Gasteiger partial charge in [-0.05, 0) is 44.5 Å². The van der Waals surface area contributed by atoms with Gasteiger partial charge in [-0.25, -0.2) is 0 Å². The molecule has 0 fully saturated rings. The monoisotopic (exact) mass is 270 g/mol. The molecule has 2 nitrogen and oxygen atoms in total. The first-order valence-corrected chi connectivity index (χ1v) is 6.02. The summed E-state index contributed by atoms with van der Waals surface area (Å²) in [6, 6.07) is 8.40. The Balaban J connectivity index is 2.38. The van der Waals surface area contributed by atoms with Gasteiger partial charge in [0.05, 0.1) is 0 Å². The van der Waals surface area contributed by atoms with Crippen LogP contribution in [0.1, 0.15) is 19.4 Å². The summed E-state index contributed by atoms with van der Waals surface area (Å²) in [6.07, 6.45) is 1.03. The van der Waals surface area contributed by atoms with Gasteiger partial charge in [-0.1, -0.05) is 28.1 Å². The molecule has 1 rings (SSSR count). The van der Waals surface area contributed by atoms with Crippen LogP contribution in [0.15, 0.2) is 28.7 Å². The molecule has 0 amide bonds. The van der Waals surface area contributed by atoms with Crippen molar-refractivity contribution in [2.45, 2.75) is 25.8 Å². The molecule has 15 heavy (non-hydrogen) atoms. The average Bonchev–Trinajstić information content (AvgIpc) is 2.18. The Bertz CT molecular complexity index is 310. The molecular weight excluding hydrogens is 252 g/mol. The number of halogens is 1. The van der Waals surface area contributed by atoms with Crippen molar-refractivity contribution < 1.29 is 0 Å². The lowest BCUT2D eigenvalue weighted by Gasteiger charge is -2.24. The van der Waals surface area contributed by atoms with Crippen LogP contribution in [-0.2, 0) is 6.42 Å². The summed E-state index contributed by atoms with van der Waals surface area (Å²) in [4.78, 5) is 0. The van der Waals surface area contributed by atoms with Crippen LogP contribution in [0.5, 0.6) is 0 Å². The molecule has 0 bridgehead atoms. The van der Waals surface area contributed by atoms with Crippen molar-refractivity contribution in [3.63, 3.8) is 0 Å². The van der Waals surface area contributed by atoms with Crippen LogP contribution < -0.4 is 11.1 Å². The highest BCUT2D eigenvalue weighted by Crippen LogP contribution is 2.12. The van der Waals surface area contributed by atoms with Gasteiger partial charge in [0.2, 0.25) is 0 Å². The molecule has 0 unspecified atom stereocenters. The van der Waals surface area contributed by atoms with E-state index in [0.29, 0.717) is 6.54 Å². The lowest BCUT2D eigenvalue weighted by molar-refractivity contribution is 0.402.